The van der Waals surface area contributed by atoms with Gasteiger partial charge in [-0.2, -0.15) is 0 Å². The molecule has 0 amide bonds. The van der Waals surface area contributed by atoms with Gasteiger partial charge in [0.05, 0.1) is 6.61 Å². The number of hydrogen-bond donors (Lipinski definition) is 1. The highest BCUT2D eigenvalue weighted by molar-refractivity contribution is 5.75. The fourth-order valence-electron chi connectivity index (χ4n) is 1.59. The van der Waals surface area contributed by atoms with Crippen molar-refractivity contribution < 1.29 is 9.53 Å². The summed E-state index contributed by atoms with van der Waals surface area (Å²) >= 11 is 0. The summed E-state index contributed by atoms with van der Waals surface area (Å²) in [7, 11) is 0. The Hall–Kier alpha value is -0.570. The number of unbranched alkanes of at least 4 members (excludes halogenated alkanes) is 4. The largest absolute Gasteiger partial charge is 0.465 e. The normalized spacial score (nSPS) is 12.8. The van der Waals surface area contributed by atoms with Crippen molar-refractivity contribution in [1.82, 2.24) is 0 Å². The van der Waals surface area contributed by atoms with E-state index in [0.29, 0.717) is 18.9 Å². The second-order valence-corrected chi connectivity index (χ2v) is 4.82. The zero-order valence-electron chi connectivity index (χ0n) is 11.0. The van der Waals surface area contributed by atoms with Crippen LogP contribution in [-0.4, -0.2) is 18.6 Å². The van der Waals surface area contributed by atoms with E-state index in [4.69, 9.17) is 10.5 Å². The van der Waals surface area contributed by atoms with Crippen molar-refractivity contribution in [2.75, 3.05) is 6.61 Å². The lowest BCUT2D eigenvalue weighted by Crippen LogP contribution is -2.33. The van der Waals surface area contributed by atoms with Gasteiger partial charge in [-0.05, 0) is 18.8 Å². The maximum atomic E-state index is 11.4. The van der Waals surface area contributed by atoms with Gasteiger partial charge >= 0.3 is 5.97 Å². The van der Waals surface area contributed by atoms with Crippen molar-refractivity contribution in [2.24, 2.45) is 11.7 Å². The second-order valence-electron chi connectivity index (χ2n) is 4.82. The van der Waals surface area contributed by atoms with Crippen molar-refractivity contribution in [3.8, 4) is 0 Å². The van der Waals surface area contributed by atoms with Gasteiger partial charge in [0.1, 0.15) is 6.04 Å². The van der Waals surface area contributed by atoms with Crippen LogP contribution in [0.25, 0.3) is 0 Å². The number of hydrogen-bond acceptors (Lipinski definition) is 3. The molecule has 0 heterocycles. The van der Waals surface area contributed by atoms with Crippen molar-refractivity contribution in [1.29, 1.82) is 0 Å². The minimum atomic E-state index is -0.448. The number of carbonyl (C=O) groups is 1. The van der Waals surface area contributed by atoms with E-state index >= 15 is 0 Å². The van der Waals surface area contributed by atoms with E-state index in [2.05, 4.69) is 20.8 Å². The second kappa shape index (κ2) is 9.64. The molecule has 0 saturated carbocycles. The van der Waals surface area contributed by atoms with E-state index in [1.807, 2.05) is 0 Å². The van der Waals surface area contributed by atoms with Crippen molar-refractivity contribution in [2.45, 2.75) is 65.3 Å². The van der Waals surface area contributed by atoms with Crippen LogP contribution in [0, 0.1) is 5.92 Å². The zero-order chi connectivity index (χ0) is 12.4. The van der Waals surface area contributed by atoms with Gasteiger partial charge in [-0.25, -0.2) is 0 Å². The van der Waals surface area contributed by atoms with Crippen LogP contribution in [-0.2, 0) is 9.53 Å². The Morgan fingerprint density at radius 2 is 1.81 bits per heavy atom. The van der Waals surface area contributed by atoms with E-state index in [0.717, 1.165) is 12.8 Å². The van der Waals surface area contributed by atoms with E-state index < -0.39 is 6.04 Å². The highest BCUT2D eigenvalue weighted by atomic mass is 16.5. The number of esters is 1. The summed E-state index contributed by atoms with van der Waals surface area (Å²) in [5.41, 5.74) is 5.71. The summed E-state index contributed by atoms with van der Waals surface area (Å²) in [6, 6.07) is -0.448. The average Bonchev–Trinajstić information content (AvgIpc) is 2.21. The Morgan fingerprint density at radius 1 is 1.19 bits per heavy atom. The molecule has 0 rings (SSSR count). The molecule has 0 aromatic heterocycles. The Kier molecular flexibility index (Phi) is 9.30. The minimum Gasteiger partial charge on any atom is -0.465 e. The molecule has 3 nitrogen and oxygen atoms in total. The first-order chi connectivity index (χ1) is 7.57. The lowest BCUT2D eigenvalue weighted by molar-refractivity contribution is -0.145. The van der Waals surface area contributed by atoms with Gasteiger partial charge in [0, 0.05) is 0 Å². The summed E-state index contributed by atoms with van der Waals surface area (Å²) in [6.07, 6.45) is 6.53. The van der Waals surface area contributed by atoms with Gasteiger partial charge in [0.2, 0.25) is 0 Å². The number of carbonyl (C=O) groups excluding carboxylic acids is 1. The van der Waals surface area contributed by atoms with Crippen LogP contribution in [0.1, 0.15) is 59.3 Å². The van der Waals surface area contributed by atoms with Crippen LogP contribution >= 0.6 is 0 Å². The van der Waals surface area contributed by atoms with Crippen LogP contribution < -0.4 is 5.73 Å². The highest BCUT2D eigenvalue weighted by Gasteiger charge is 2.15. The number of ether oxygens (including phenoxy) is 1. The van der Waals surface area contributed by atoms with Crippen LogP contribution in [0.4, 0.5) is 0 Å². The van der Waals surface area contributed by atoms with E-state index in [1.165, 1.54) is 19.3 Å². The number of rotatable bonds is 9. The SMILES string of the molecule is CCCCCCCOC(=O)[C@H](N)CC(C)C. The quantitative estimate of drug-likeness (QED) is 0.488. The first kappa shape index (κ1) is 15.4. The molecule has 0 aliphatic heterocycles. The molecule has 1 atom stereocenters. The first-order valence-electron chi connectivity index (χ1n) is 6.50. The third kappa shape index (κ3) is 8.72. The highest BCUT2D eigenvalue weighted by Crippen LogP contribution is 2.06. The molecule has 0 radical (unpaired) electrons. The fraction of sp³-hybridized carbons (Fsp3) is 0.923. The van der Waals surface area contributed by atoms with E-state index in [1.54, 1.807) is 0 Å². The molecule has 0 spiro atoms. The Labute approximate surface area is 99.7 Å². The smallest absolute Gasteiger partial charge is 0.322 e. The molecule has 0 saturated heterocycles. The Balaban J connectivity index is 3.42. The van der Waals surface area contributed by atoms with Crippen molar-refractivity contribution >= 4 is 5.97 Å². The third-order valence-electron chi connectivity index (χ3n) is 2.52. The lowest BCUT2D eigenvalue weighted by atomic mass is 10.1. The predicted octanol–water partition coefficient (Wildman–Crippen LogP) is 2.87. The summed E-state index contributed by atoms with van der Waals surface area (Å²) < 4.78 is 5.12. The predicted molar refractivity (Wildman–Crippen MR) is 67.1 cm³/mol. The molecule has 0 fully saturated rings. The van der Waals surface area contributed by atoms with E-state index in [-0.39, 0.29) is 5.97 Å². The summed E-state index contributed by atoms with van der Waals surface area (Å²) in [5, 5.41) is 0. The topological polar surface area (TPSA) is 52.3 Å². The molecule has 0 aromatic carbocycles. The van der Waals surface area contributed by atoms with Crippen molar-refractivity contribution in [3.63, 3.8) is 0 Å². The van der Waals surface area contributed by atoms with Gasteiger partial charge in [0.15, 0.2) is 0 Å². The maximum absolute atomic E-state index is 11.4. The van der Waals surface area contributed by atoms with Gasteiger partial charge < -0.3 is 10.5 Å². The van der Waals surface area contributed by atoms with Gasteiger partial charge in [-0.3, -0.25) is 4.79 Å². The van der Waals surface area contributed by atoms with Crippen LogP contribution in [0.15, 0.2) is 0 Å². The summed E-state index contributed by atoms with van der Waals surface area (Å²) in [6.45, 7) is 6.81. The Morgan fingerprint density at radius 3 is 2.38 bits per heavy atom. The molecule has 0 unspecified atom stereocenters. The maximum Gasteiger partial charge on any atom is 0.322 e. The monoisotopic (exact) mass is 229 g/mol. The van der Waals surface area contributed by atoms with Crippen LogP contribution in [0.3, 0.4) is 0 Å². The molecule has 16 heavy (non-hydrogen) atoms. The minimum absolute atomic E-state index is 0.246. The van der Waals surface area contributed by atoms with Crippen molar-refractivity contribution in [3.05, 3.63) is 0 Å². The van der Waals surface area contributed by atoms with Gasteiger partial charge in [-0.15, -0.1) is 0 Å². The fourth-order valence-corrected chi connectivity index (χ4v) is 1.59. The molecule has 0 aromatic rings. The summed E-state index contributed by atoms with van der Waals surface area (Å²) in [4.78, 5) is 11.4. The van der Waals surface area contributed by atoms with Gasteiger partial charge in [-0.1, -0.05) is 46.5 Å². The first-order valence-corrected chi connectivity index (χ1v) is 6.50. The molecular formula is C13H27NO2. The van der Waals surface area contributed by atoms with E-state index in [9.17, 15) is 4.79 Å². The van der Waals surface area contributed by atoms with Crippen LogP contribution in [0.2, 0.25) is 0 Å². The average molecular weight is 229 g/mol. The standard InChI is InChI=1S/C13H27NO2/c1-4-5-6-7-8-9-16-13(15)12(14)10-11(2)3/h11-12H,4-10,14H2,1-3H3/t12-/m1/s1. The summed E-state index contributed by atoms with van der Waals surface area (Å²) in [5.74, 6) is 0.191. The third-order valence-corrected chi connectivity index (χ3v) is 2.52. The molecule has 2 N–H and O–H groups in total. The molecular weight excluding hydrogens is 202 g/mol. The molecule has 0 aliphatic rings. The van der Waals surface area contributed by atoms with Crippen LogP contribution in [0.5, 0.6) is 0 Å². The Bertz CT molecular complexity index is 181. The zero-order valence-corrected chi connectivity index (χ0v) is 11.0. The molecule has 3 heteroatoms. The number of nitrogens with two attached hydrogens (primary N) is 1. The van der Waals surface area contributed by atoms with Gasteiger partial charge in [0.25, 0.3) is 0 Å². The molecule has 96 valence electrons. The molecule has 0 bridgehead atoms. The lowest BCUT2D eigenvalue weighted by Gasteiger charge is -2.13. The molecule has 0 aliphatic carbocycles.